The molecule has 0 heterocycles. The number of benzene rings is 4. The van der Waals surface area contributed by atoms with Crippen molar-refractivity contribution in [1.29, 1.82) is 0 Å². The van der Waals surface area contributed by atoms with Crippen LogP contribution in [0.5, 0.6) is 5.75 Å². The van der Waals surface area contributed by atoms with Gasteiger partial charge in [0.25, 0.3) is 5.69 Å². The van der Waals surface area contributed by atoms with Crippen LogP contribution in [0.2, 0.25) is 0 Å². The summed E-state index contributed by atoms with van der Waals surface area (Å²) in [5.74, 6) is -2.18. The summed E-state index contributed by atoms with van der Waals surface area (Å²) in [6.45, 7) is 0. The van der Waals surface area contributed by atoms with Gasteiger partial charge in [0, 0.05) is 23.8 Å². The number of aromatic hydroxyl groups is 1. The number of nitrogens with one attached hydrogen (secondary N) is 3. The molecule has 266 valence electrons. The average molecular weight is 799 g/mol. The van der Waals surface area contributed by atoms with E-state index in [4.69, 9.17) is 0 Å². The number of anilines is 3. The van der Waals surface area contributed by atoms with E-state index in [1.165, 1.54) is 24.3 Å². The second-order valence-corrected chi connectivity index (χ2v) is 13.0. The van der Waals surface area contributed by atoms with Crippen molar-refractivity contribution in [2.24, 2.45) is 15.3 Å². The SMILES string of the molecule is O=C1/C(=N\Nc2ccc([N+](=O)[O-])cc2)C(S(=O)(=O)[O-])=Cc2ccc(N/N=c3\c(=O)cc/c(=N/Nc4cc(S(=O)(=O)[O-])cc([N+](=O)[O-])c4O)c3=O)cc21.[Na+].[Na+]. The van der Waals surface area contributed by atoms with Gasteiger partial charge in [-0.1, -0.05) is 6.07 Å². The molecular formula is C28H16N8Na2O14S2. The van der Waals surface area contributed by atoms with Gasteiger partial charge in [0.2, 0.25) is 22.4 Å². The van der Waals surface area contributed by atoms with Crippen LogP contribution >= 0.6 is 0 Å². The van der Waals surface area contributed by atoms with E-state index in [0.29, 0.717) is 12.1 Å². The van der Waals surface area contributed by atoms with E-state index < -0.39 is 90.1 Å². The van der Waals surface area contributed by atoms with Crippen LogP contribution in [-0.2, 0) is 20.2 Å². The zero-order valence-electron chi connectivity index (χ0n) is 27.2. The predicted octanol–water partition coefficient (Wildman–Crippen LogP) is -5.88. The van der Waals surface area contributed by atoms with Gasteiger partial charge in [-0.2, -0.15) is 15.3 Å². The molecule has 26 heteroatoms. The van der Waals surface area contributed by atoms with Crippen molar-refractivity contribution in [3.8, 4) is 5.75 Å². The maximum atomic E-state index is 13.4. The monoisotopic (exact) mass is 798 g/mol. The standard InChI is InChI=1S/C28H18N8O14S2.2Na/c37-22-8-7-19(31-32-20-11-17(51(45,46)47)12-21(27(20)39)36(43)44)28(40)24(22)33-30-15-2-1-13-9-23(52(48,49)50)25(26(38)18(13)10-15)34-29-14-3-5-16(6-4-14)35(41)42;;/h1-12,29-30,32,39H,(H,45,46,47)(H,48,49,50);;/q;2*+1/p-2/b31-19-,33-24+,34-25-;;. The first-order valence-electron chi connectivity index (χ1n) is 13.7. The van der Waals surface area contributed by atoms with Crippen LogP contribution in [0.15, 0.2) is 101 Å². The van der Waals surface area contributed by atoms with Gasteiger partial charge >= 0.3 is 64.8 Å². The Balaban J connectivity index is 0.00000392. The van der Waals surface area contributed by atoms with Crippen LogP contribution in [0, 0.1) is 20.2 Å². The van der Waals surface area contributed by atoms with E-state index in [1.807, 2.05) is 5.43 Å². The van der Waals surface area contributed by atoms with Gasteiger partial charge < -0.3 is 14.2 Å². The van der Waals surface area contributed by atoms with E-state index in [2.05, 4.69) is 26.2 Å². The minimum absolute atomic E-state index is 0. The Bertz CT molecular complexity index is 2750. The van der Waals surface area contributed by atoms with Crippen molar-refractivity contribution < 1.29 is 105 Å². The number of nitrogens with zero attached hydrogens (tertiary/aromatic N) is 5. The summed E-state index contributed by atoms with van der Waals surface area (Å²) in [4.78, 5) is 57.1. The summed E-state index contributed by atoms with van der Waals surface area (Å²) in [5.41, 5.74) is 1.50. The molecule has 0 spiro atoms. The fraction of sp³-hybridized carbons (Fsp3) is 0. The third-order valence-electron chi connectivity index (χ3n) is 6.89. The minimum Gasteiger partial charge on any atom is -0.744 e. The van der Waals surface area contributed by atoms with Crippen LogP contribution in [0.4, 0.5) is 28.4 Å². The van der Waals surface area contributed by atoms with E-state index >= 15 is 0 Å². The van der Waals surface area contributed by atoms with Crippen molar-refractivity contribution >= 4 is 66.2 Å². The number of Topliss-reactive ketones (excluding diaryl/α,β-unsaturated/α-hetero) is 1. The summed E-state index contributed by atoms with van der Waals surface area (Å²) < 4.78 is 70.3. The second-order valence-electron chi connectivity index (χ2n) is 10.2. The van der Waals surface area contributed by atoms with Gasteiger partial charge in [-0.3, -0.25) is 50.9 Å². The molecule has 1 aliphatic carbocycles. The first-order valence-corrected chi connectivity index (χ1v) is 16.5. The molecule has 0 saturated carbocycles. The number of ketones is 1. The summed E-state index contributed by atoms with van der Waals surface area (Å²) in [6, 6.07) is 10.8. The van der Waals surface area contributed by atoms with Gasteiger partial charge in [-0.15, -0.1) is 0 Å². The fourth-order valence-corrected chi connectivity index (χ4v) is 5.58. The zero-order chi connectivity index (χ0) is 38.1. The number of nitro benzene ring substituents is 2. The smallest absolute Gasteiger partial charge is 0.744 e. The van der Waals surface area contributed by atoms with Crippen molar-refractivity contribution in [2.75, 3.05) is 16.3 Å². The van der Waals surface area contributed by atoms with E-state index in [-0.39, 0.29) is 87.3 Å². The molecule has 0 radical (unpaired) electrons. The normalized spacial score (nSPS) is 13.9. The van der Waals surface area contributed by atoms with Gasteiger partial charge in [0.15, 0.2) is 5.36 Å². The zero-order valence-corrected chi connectivity index (χ0v) is 32.9. The Morgan fingerprint density at radius 2 is 1.33 bits per heavy atom. The number of fused-ring (bicyclic) bond motifs is 1. The van der Waals surface area contributed by atoms with Crippen molar-refractivity contribution in [1.82, 2.24) is 0 Å². The molecule has 0 aromatic heterocycles. The van der Waals surface area contributed by atoms with Gasteiger partial charge in [-0.05, 0) is 54.1 Å². The Morgan fingerprint density at radius 1 is 0.704 bits per heavy atom. The maximum Gasteiger partial charge on any atom is 1.00 e. The molecule has 0 unspecified atom stereocenters. The second kappa shape index (κ2) is 17.0. The molecule has 4 aromatic rings. The molecule has 1 aliphatic rings. The van der Waals surface area contributed by atoms with Gasteiger partial charge in [0.05, 0.1) is 31.0 Å². The number of phenols is 1. The van der Waals surface area contributed by atoms with Crippen LogP contribution < -0.4 is 97.0 Å². The maximum absolute atomic E-state index is 13.4. The molecule has 54 heavy (non-hydrogen) atoms. The summed E-state index contributed by atoms with van der Waals surface area (Å²) in [7, 11) is -10.5. The molecular weight excluding hydrogens is 782 g/mol. The number of hydrogen-bond donors (Lipinski definition) is 4. The van der Waals surface area contributed by atoms with Gasteiger partial charge in [-0.25, -0.2) is 16.8 Å². The molecule has 0 fully saturated rings. The molecule has 0 amide bonds. The fourth-order valence-electron chi connectivity index (χ4n) is 4.41. The summed E-state index contributed by atoms with van der Waals surface area (Å²) in [6.07, 6.45) is 0.883. The Labute approximate surface area is 344 Å². The third-order valence-corrected chi connectivity index (χ3v) is 8.56. The first kappa shape index (κ1) is 43.4. The van der Waals surface area contributed by atoms with Crippen LogP contribution in [0.1, 0.15) is 15.9 Å². The molecule has 0 atom stereocenters. The number of carbonyl (C=O) groups is 1. The predicted molar refractivity (Wildman–Crippen MR) is 175 cm³/mol. The molecule has 0 bridgehead atoms. The molecule has 22 nitrogen and oxygen atoms in total. The minimum atomic E-state index is -5.25. The largest absolute Gasteiger partial charge is 1.00 e. The summed E-state index contributed by atoms with van der Waals surface area (Å²) >= 11 is 0. The van der Waals surface area contributed by atoms with Crippen LogP contribution in [0.25, 0.3) is 6.08 Å². The van der Waals surface area contributed by atoms with Crippen LogP contribution in [0.3, 0.4) is 0 Å². The number of non-ortho nitro benzene ring substituents is 1. The van der Waals surface area contributed by atoms with Crippen LogP contribution in [-0.4, -0.2) is 52.4 Å². The van der Waals surface area contributed by atoms with E-state index in [0.717, 1.165) is 36.4 Å². The quantitative estimate of drug-likeness (QED) is 0.0381. The van der Waals surface area contributed by atoms with Crippen molar-refractivity contribution in [2.45, 2.75) is 4.90 Å². The number of carbonyl (C=O) groups excluding carboxylic acids is 1. The van der Waals surface area contributed by atoms with E-state index in [1.54, 1.807) is 0 Å². The van der Waals surface area contributed by atoms with Crippen molar-refractivity contribution in [3.63, 3.8) is 0 Å². The molecule has 0 saturated heterocycles. The topological polar surface area (TPSA) is 345 Å². The third kappa shape index (κ3) is 9.55. The van der Waals surface area contributed by atoms with Gasteiger partial charge in [0.1, 0.15) is 37.0 Å². The van der Waals surface area contributed by atoms with E-state index in [9.17, 15) is 65.7 Å². The first-order chi connectivity index (χ1) is 24.3. The van der Waals surface area contributed by atoms with Crippen molar-refractivity contribution in [3.05, 3.63) is 134 Å². The molecule has 4 N–H and O–H groups in total. The number of phenolic OH excluding ortho intramolecular Hbond substituents is 1. The molecule has 0 aliphatic heterocycles. The molecule has 5 rings (SSSR count). The average Bonchev–Trinajstić information content (AvgIpc) is 3.07. The Morgan fingerprint density at radius 3 is 1.93 bits per heavy atom. The number of hydrazone groups is 1. The number of rotatable bonds is 10. The number of allylic oxidation sites excluding steroid dienone is 1. The number of nitro groups is 2. The molecule has 4 aromatic carbocycles. The summed E-state index contributed by atoms with van der Waals surface area (Å²) in [5, 5.41) is 42.1. The Hall–Kier alpha value is -5.02. The number of hydrogen-bond acceptors (Lipinski definition) is 20. The Kier molecular flexibility index (Phi) is 13.6.